The van der Waals surface area contributed by atoms with Crippen molar-refractivity contribution in [3.63, 3.8) is 0 Å². The Morgan fingerprint density at radius 3 is 3.04 bits per heavy atom. The predicted octanol–water partition coefficient (Wildman–Crippen LogP) is 1.13. The molecule has 25 heavy (non-hydrogen) atoms. The molecule has 0 saturated carbocycles. The van der Waals surface area contributed by atoms with Crippen molar-refractivity contribution in [3.8, 4) is 0 Å². The van der Waals surface area contributed by atoms with Gasteiger partial charge >= 0.3 is 0 Å². The van der Waals surface area contributed by atoms with Crippen LogP contribution in [0.3, 0.4) is 0 Å². The lowest BCUT2D eigenvalue weighted by Gasteiger charge is -2.32. The third-order valence-electron chi connectivity index (χ3n) is 4.31. The van der Waals surface area contributed by atoms with E-state index in [2.05, 4.69) is 4.98 Å². The summed E-state index contributed by atoms with van der Waals surface area (Å²) in [4.78, 5) is 30.0. The number of rotatable bonds is 6. The lowest BCUT2D eigenvalue weighted by Crippen LogP contribution is -2.39. The molecule has 1 atom stereocenters. The SMILES string of the molecule is COCc1ccc(C(=O)N2CCC[C@H](c3nccn3CC(N)=O)C2)o1. The fraction of sp³-hybridized carbons (Fsp3) is 0.471. The fourth-order valence-electron chi connectivity index (χ4n) is 3.22. The zero-order valence-electron chi connectivity index (χ0n) is 14.2. The van der Waals surface area contributed by atoms with Gasteiger partial charge in [0.1, 0.15) is 24.7 Å². The van der Waals surface area contributed by atoms with Crippen LogP contribution in [-0.4, -0.2) is 46.5 Å². The Kier molecular flexibility index (Phi) is 5.18. The first-order valence-corrected chi connectivity index (χ1v) is 8.24. The summed E-state index contributed by atoms with van der Waals surface area (Å²) in [6.45, 7) is 1.64. The molecule has 8 heteroatoms. The molecule has 8 nitrogen and oxygen atoms in total. The standard InChI is InChI=1S/C17H22N4O4/c1-24-11-13-4-5-14(25-13)17(23)21-7-2-3-12(9-21)16-19-6-8-20(16)10-15(18)22/h4-6,8,12H,2-3,7,9-11H2,1H3,(H2,18,22)/t12-/m0/s1. The molecule has 0 unspecified atom stereocenters. The summed E-state index contributed by atoms with van der Waals surface area (Å²) in [5, 5.41) is 0. The number of amides is 2. The topological polar surface area (TPSA) is 104 Å². The molecule has 0 aliphatic carbocycles. The Morgan fingerprint density at radius 2 is 2.28 bits per heavy atom. The average Bonchev–Trinajstić information content (AvgIpc) is 3.24. The number of nitrogens with zero attached hydrogens (tertiary/aromatic N) is 3. The number of hydrogen-bond acceptors (Lipinski definition) is 5. The number of ether oxygens (including phenoxy) is 1. The van der Waals surface area contributed by atoms with E-state index in [1.807, 2.05) is 0 Å². The molecule has 3 rings (SSSR count). The Bertz CT molecular complexity index is 751. The van der Waals surface area contributed by atoms with Crippen molar-refractivity contribution in [1.29, 1.82) is 0 Å². The quantitative estimate of drug-likeness (QED) is 0.844. The molecule has 2 aromatic heterocycles. The van der Waals surface area contributed by atoms with Crippen molar-refractivity contribution in [3.05, 3.63) is 41.9 Å². The molecule has 0 bridgehead atoms. The molecule has 1 saturated heterocycles. The molecule has 1 fully saturated rings. The van der Waals surface area contributed by atoms with Gasteiger partial charge in [0.2, 0.25) is 5.91 Å². The van der Waals surface area contributed by atoms with Crippen molar-refractivity contribution in [1.82, 2.24) is 14.5 Å². The lowest BCUT2D eigenvalue weighted by molar-refractivity contribution is -0.118. The number of imidazole rings is 1. The number of carbonyl (C=O) groups excluding carboxylic acids is 2. The van der Waals surface area contributed by atoms with Crippen LogP contribution in [0.4, 0.5) is 0 Å². The third kappa shape index (κ3) is 3.90. The second-order valence-electron chi connectivity index (χ2n) is 6.17. The first kappa shape index (κ1) is 17.2. The minimum Gasteiger partial charge on any atom is -0.453 e. The summed E-state index contributed by atoms with van der Waals surface area (Å²) in [5.74, 6) is 1.24. The monoisotopic (exact) mass is 346 g/mol. The van der Waals surface area contributed by atoms with E-state index < -0.39 is 5.91 Å². The number of piperidine rings is 1. The molecule has 2 amide bonds. The second-order valence-corrected chi connectivity index (χ2v) is 6.17. The molecular weight excluding hydrogens is 324 g/mol. The Morgan fingerprint density at radius 1 is 1.44 bits per heavy atom. The van der Waals surface area contributed by atoms with Crippen LogP contribution < -0.4 is 5.73 Å². The highest BCUT2D eigenvalue weighted by Crippen LogP contribution is 2.27. The molecule has 0 spiro atoms. The van der Waals surface area contributed by atoms with E-state index in [0.717, 1.165) is 18.7 Å². The first-order valence-electron chi connectivity index (χ1n) is 8.24. The van der Waals surface area contributed by atoms with Gasteiger partial charge in [-0.3, -0.25) is 9.59 Å². The van der Waals surface area contributed by atoms with Gasteiger partial charge in [-0.25, -0.2) is 4.98 Å². The minimum atomic E-state index is -0.413. The van der Waals surface area contributed by atoms with Gasteiger partial charge in [0, 0.05) is 38.5 Å². The number of nitrogens with two attached hydrogens (primary N) is 1. The van der Waals surface area contributed by atoms with Crippen molar-refractivity contribution in [2.75, 3.05) is 20.2 Å². The zero-order valence-corrected chi connectivity index (χ0v) is 14.2. The van der Waals surface area contributed by atoms with Crippen LogP contribution >= 0.6 is 0 Å². The van der Waals surface area contributed by atoms with Gasteiger partial charge in [0.25, 0.3) is 5.91 Å². The summed E-state index contributed by atoms with van der Waals surface area (Å²) >= 11 is 0. The molecule has 134 valence electrons. The number of primary amides is 1. The minimum absolute atomic E-state index is 0.0699. The maximum Gasteiger partial charge on any atom is 0.289 e. The van der Waals surface area contributed by atoms with Gasteiger partial charge in [-0.1, -0.05) is 0 Å². The van der Waals surface area contributed by atoms with Crippen LogP contribution in [0.2, 0.25) is 0 Å². The van der Waals surface area contributed by atoms with Crippen molar-refractivity contribution in [2.24, 2.45) is 5.73 Å². The van der Waals surface area contributed by atoms with Crippen LogP contribution in [0, 0.1) is 0 Å². The fourth-order valence-corrected chi connectivity index (χ4v) is 3.22. The molecule has 1 aliphatic rings. The third-order valence-corrected chi connectivity index (χ3v) is 4.31. The van der Waals surface area contributed by atoms with E-state index >= 15 is 0 Å². The number of carbonyl (C=O) groups is 2. The van der Waals surface area contributed by atoms with Crippen molar-refractivity contribution >= 4 is 11.8 Å². The normalized spacial score (nSPS) is 17.6. The molecule has 2 N–H and O–H groups in total. The molecule has 0 aromatic carbocycles. The summed E-state index contributed by atoms with van der Waals surface area (Å²) in [6, 6.07) is 3.42. The van der Waals surface area contributed by atoms with E-state index in [0.29, 0.717) is 31.2 Å². The molecule has 3 heterocycles. The smallest absolute Gasteiger partial charge is 0.289 e. The largest absolute Gasteiger partial charge is 0.453 e. The number of likely N-dealkylation sites (tertiary alicyclic amines) is 1. The van der Waals surface area contributed by atoms with E-state index in [1.165, 1.54) is 0 Å². The lowest BCUT2D eigenvalue weighted by atomic mass is 9.97. The van der Waals surface area contributed by atoms with E-state index in [9.17, 15) is 9.59 Å². The zero-order chi connectivity index (χ0) is 17.8. The van der Waals surface area contributed by atoms with Crippen molar-refractivity contribution < 1.29 is 18.7 Å². The van der Waals surface area contributed by atoms with E-state index in [4.69, 9.17) is 14.9 Å². The highest BCUT2D eigenvalue weighted by atomic mass is 16.5. The van der Waals surface area contributed by atoms with Crippen LogP contribution in [0.25, 0.3) is 0 Å². The van der Waals surface area contributed by atoms with Gasteiger partial charge in [-0.05, 0) is 25.0 Å². The number of furan rings is 1. The average molecular weight is 346 g/mol. The van der Waals surface area contributed by atoms with E-state index in [1.54, 1.807) is 41.1 Å². The molecular formula is C17H22N4O4. The van der Waals surface area contributed by atoms with Crippen LogP contribution in [0.15, 0.2) is 28.9 Å². The van der Waals surface area contributed by atoms with E-state index in [-0.39, 0.29) is 18.4 Å². The number of methoxy groups -OCH3 is 1. The van der Waals surface area contributed by atoms with Gasteiger partial charge in [-0.15, -0.1) is 0 Å². The second kappa shape index (κ2) is 7.52. The summed E-state index contributed by atoms with van der Waals surface area (Å²) < 4.78 is 12.3. The van der Waals surface area contributed by atoms with Crippen molar-refractivity contribution in [2.45, 2.75) is 31.9 Å². The Balaban J connectivity index is 1.71. The molecule has 0 radical (unpaired) electrons. The Labute approximate surface area is 145 Å². The summed E-state index contributed by atoms with van der Waals surface area (Å²) in [5.41, 5.74) is 5.29. The van der Waals surface area contributed by atoms with Crippen LogP contribution in [0.5, 0.6) is 0 Å². The van der Waals surface area contributed by atoms with Gasteiger partial charge < -0.3 is 24.4 Å². The summed E-state index contributed by atoms with van der Waals surface area (Å²) in [6.07, 6.45) is 5.17. The van der Waals surface area contributed by atoms with Crippen LogP contribution in [-0.2, 0) is 22.7 Å². The highest BCUT2D eigenvalue weighted by molar-refractivity contribution is 5.91. The maximum atomic E-state index is 12.7. The molecule has 1 aliphatic heterocycles. The molecule has 2 aromatic rings. The Hall–Kier alpha value is -2.61. The number of aromatic nitrogens is 2. The van der Waals surface area contributed by atoms with Gasteiger partial charge in [0.05, 0.1) is 0 Å². The number of hydrogen-bond donors (Lipinski definition) is 1. The summed E-state index contributed by atoms with van der Waals surface area (Å²) in [7, 11) is 1.58. The van der Waals surface area contributed by atoms with Gasteiger partial charge in [-0.2, -0.15) is 0 Å². The highest BCUT2D eigenvalue weighted by Gasteiger charge is 2.29. The predicted molar refractivity (Wildman–Crippen MR) is 88.7 cm³/mol. The van der Waals surface area contributed by atoms with Crippen LogP contribution in [0.1, 0.15) is 40.9 Å². The first-order chi connectivity index (χ1) is 12.1. The van der Waals surface area contributed by atoms with Gasteiger partial charge in [0.15, 0.2) is 5.76 Å². The maximum absolute atomic E-state index is 12.7.